The maximum absolute atomic E-state index is 13.2. The van der Waals surface area contributed by atoms with E-state index < -0.39 is 46.9 Å². The molecule has 1 N–H and O–H groups in total. The van der Waals surface area contributed by atoms with Crippen LogP contribution in [-0.2, 0) is 29.7 Å². The van der Waals surface area contributed by atoms with Crippen molar-refractivity contribution in [1.29, 1.82) is 0 Å². The highest BCUT2D eigenvalue weighted by Crippen LogP contribution is 2.39. The topological polar surface area (TPSA) is 100 Å². The van der Waals surface area contributed by atoms with Gasteiger partial charge in [0.25, 0.3) is 0 Å². The second kappa shape index (κ2) is 14.6. The van der Waals surface area contributed by atoms with Gasteiger partial charge in [-0.25, -0.2) is 9.59 Å². The van der Waals surface area contributed by atoms with Crippen LogP contribution in [0.25, 0.3) is 0 Å². The van der Waals surface area contributed by atoms with E-state index in [0.717, 1.165) is 5.56 Å². The highest BCUT2D eigenvalue weighted by atomic mass is 28.4. The molecule has 0 saturated heterocycles. The summed E-state index contributed by atoms with van der Waals surface area (Å²) in [6, 6.07) is 16.9. The van der Waals surface area contributed by atoms with E-state index in [1.807, 2.05) is 43.4 Å². The minimum Gasteiger partial charge on any atom is -0.448 e. The molecule has 2 rings (SSSR count). The maximum atomic E-state index is 13.2. The SMILES string of the molecule is CC(C)(C)[Si](C)(C)OC[C@@H](NC(=O)OCc1ccccc1)[C@@H](O[Si](C)(C)C(C)(C)C)[C@@H](C=O)OC(=O)c1ccccc1. The Balaban J connectivity index is 2.47. The van der Waals surface area contributed by atoms with Crippen LogP contribution in [0, 0.1) is 0 Å². The number of carbonyl (C=O) groups excluding carboxylic acids is 3. The van der Waals surface area contributed by atoms with Gasteiger partial charge < -0.3 is 23.6 Å². The van der Waals surface area contributed by atoms with Crippen LogP contribution in [0.4, 0.5) is 4.79 Å². The average Bonchev–Trinajstić information content (AvgIpc) is 2.91. The zero-order valence-electron chi connectivity index (χ0n) is 26.9. The number of rotatable bonds is 13. The number of nitrogens with one attached hydrogen (secondary N) is 1. The molecule has 2 aromatic carbocycles. The minimum absolute atomic E-state index is 0.0451. The van der Waals surface area contributed by atoms with Gasteiger partial charge in [0.05, 0.1) is 18.2 Å². The summed E-state index contributed by atoms with van der Waals surface area (Å²) >= 11 is 0. The first-order valence-electron chi connectivity index (χ1n) is 14.4. The molecule has 232 valence electrons. The summed E-state index contributed by atoms with van der Waals surface area (Å²) in [6.07, 6.45) is -2.46. The summed E-state index contributed by atoms with van der Waals surface area (Å²) in [6.45, 7) is 21.0. The van der Waals surface area contributed by atoms with Gasteiger partial charge in [-0.1, -0.05) is 90.1 Å². The van der Waals surface area contributed by atoms with E-state index in [1.54, 1.807) is 30.3 Å². The van der Waals surface area contributed by atoms with Crippen molar-refractivity contribution in [3.05, 3.63) is 71.8 Å². The minimum atomic E-state index is -2.56. The molecule has 0 bridgehead atoms. The molecule has 8 nitrogen and oxygen atoms in total. The lowest BCUT2D eigenvalue weighted by molar-refractivity contribution is -0.122. The van der Waals surface area contributed by atoms with E-state index in [2.05, 4.69) is 60.0 Å². The van der Waals surface area contributed by atoms with Crippen molar-refractivity contribution < 1.29 is 32.7 Å². The van der Waals surface area contributed by atoms with Gasteiger partial charge >= 0.3 is 12.1 Å². The molecule has 0 fully saturated rings. The van der Waals surface area contributed by atoms with E-state index in [-0.39, 0.29) is 23.3 Å². The van der Waals surface area contributed by atoms with Crippen molar-refractivity contribution in [2.24, 2.45) is 0 Å². The van der Waals surface area contributed by atoms with Gasteiger partial charge in [-0.15, -0.1) is 0 Å². The smallest absolute Gasteiger partial charge is 0.407 e. The Morgan fingerprint density at radius 1 is 0.833 bits per heavy atom. The first kappa shape index (κ1) is 35.4. The lowest BCUT2D eigenvalue weighted by Crippen LogP contribution is -2.59. The third-order valence-electron chi connectivity index (χ3n) is 8.29. The van der Waals surface area contributed by atoms with Crippen molar-refractivity contribution in [1.82, 2.24) is 5.32 Å². The van der Waals surface area contributed by atoms with Crippen LogP contribution in [0.2, 0.25) is 36.3 Å². The molecule has 0 heterocycles. The van der Waals surface area contributed by atoms with Crippen molar-refractivity contribution in [2.45, 2.75) is 103 Å². The Morgan fingerprint density at radius 2 is 1.36 bits per heavy atom. The van der Waals surface area contributed by atoms with Gasteiger partial charge in [-0.3, -0.25) is 4.79 Å². The van der Waals surface area contributed by atoms with Gasteiger partial charge in [-0.05, 0) is 54.0 Å². The number of benzene rings is 2. The fraction of sp³-hybridized carbons (Fsp3) is 0.531. The fourth-order valence-electron chi connectivity index (χ4n) is 3.48. The van der Waals surface area contributed by atoms with Crippen LogP contribution < -0.4 is 5.32 Å². The summed E-state index contributed by atoms with van der Waals surface area (Å²) in [7, 11) is -4.85. The van der Waals surface area contributed by atoms with Gasteiger partial charge in [0, 0.05) is 0 Å². The third-order valence-corrected chi connectivity index (χ3v) is 17.3. The molecular weight excluding hydrogens is 567 g/mol. The summed E-state index contributed by atoms with van der Waals surface area (Å²) in [5.41, 5.74) is 1.14. The number of amides is 1. The van der Waals surface area contributed by atoms with Crippen LogP contribution in [0.5, 0.6) is 0 Å². The predicted molar refractivity (Wildman–Crippen MR) is 170 cm³/mol. The normalized spacial score (nSPS) is 14.8. The highest BCUT2D eigenvalue weighted by Gasteiger charge is 2.46. The quantitative estimate of drug-likeness (QED) is 0.145. The molecule has 0 aliphatic carbocycles. The lowest BCUT2D eigenvalue weighted by Gasteiger charge is -2.43. The number of ether oxygens (including phenoxy) is 2. The van der Waals surface area contributed by atoms with E-state index in [9.17, 15) is 14.4 Å². The third kappa shape index (κ3) is 10.2. The van der Waals surface area contributed by atoms with Crippen molar-refractivity contribution in [3.8, 4) is 0 Å². The van der Waals surface area contributed by atoms with Gasteiger partial charge in [0.1, 0.15) is 12.7 Å². The number of esters is 1. The summed E-state index contributed by atoms with van der Waals surface area (Å²) in [5.74, 6) is -0.660. The van der Waals surface area contributed by atoms with E-state index in [4.69, 9.17) is 18.3 Å². The van der Waals surface area contributed by atoms with E-state index in [1.165, 1.54) is 0 Å². The molecule has 1 amide bonds. The molecule has 0 aliphatic heterocycles. The molecule has 0 spiro atoms. The molecular formula is C32H49NO7Si2. The molecule has 42 heavy (non-hydrogen) atoms. The zero-order valence-corrected chi connectivity index (χ0v) is 28.9. The fourth-order valence-corrected chi connectivity index (χ4v) is 5.84. The van der Waals surface area contributed by atoms with Gasteiger partial charge in [0.2, 0.25) is 0 Å². The summed E-state index contributed by atoms with van der Waals surface area (Å²) in [5, 5.41) is 2.55. The molecule has 0 aliphatic rings. The molecule has 3 atom stereocenters. The lowest BCUT2D eigenvalue weighted by atomic mass is 10.1. The molecule has 0 saturated carbocycles. The Labute approximate surface area is 253 Å². The maximum Gasteiger partial charge on any atom is 0.407 e. The molecule has 0 unspecified atom stereocenters. The van der Waals surface area contributed by atoms with E-state index in [0.29, 0.717) is 11.8 Å². The summed E-state index contributed by atoms with van der Waals surface area (Å²) < 4.78 is 24.6. The zero-order chi connectivity index (χ0) is 31.8. The monoisotopic (exact) mass is 615 g/mol. The summed E-state index contributed by atoms with van der Waals surface area (Å²) in [4.78, 5) is 38.8. The number of alkyl carbamates (subject to hydrolysis) is 1. The van der Waals surface area contributed by atoms with Crippen LogP contribution in [-0.4, -0.2) is 59.8 Å². The second-order valence-electron chi connectivity index (χ2n) is 13.6. The largest absolute Gasteiger partial charge is 0.448 e. The number of hydrogen-bond donors (Lipinski definition) is 1. The number of hydrogen-bond acceptors (Lipinski definition) is 7. The highest BCUT2D eigenvalue weighted by molar-refractivity contribution is 6.74. The molecule has 0 radical (unpaired) electrons. The molecule has 10 heteroatoms. The van der Waals surface area contributed by atoms with Crippen LogP contribution in [0.15, 0.2) is 60.7 Å². The standard InChI is InChI=1S/C32H49NO7Si2/c1-31(2,3)41(7,8)38-23-26(33-30(36)37-22-24-17-13-11-14-18-24)28(40-42(9,10)32(4,5)6)27(21-34)39-29(35)25-19-15-12-16-20-25/h11-21,26-28H,22-23H2,1-10H3,(H,33,36)/t26-,27-,28-/m1/s1. The Morgan fingerprint density at radius 3 is 1.86 bits per heavy atom. The predicted octanol–water partition coefficient (Wildman–Crippen LogP) is 7.12. The van der Waals surface area contributed by atoms with E-state index >= 15 is 0 Å². The van der Waals surface area contributed by atoms with Crippen molar-refractivity contribution in [2.75, 3.05) is 6.61 Å². The van der Waals surface area contributed by atoms with Crippen molar-refractivity contribution in [3.63, 3.8) is 0 Å². The molecule has 2 aromatic rings. The van der Waals surface area contributed by atoms with Crippen LogP contribution in [0.3, 0.4) is 0 Å². The Hall–Kier alpha value is -2.80. The second-order valence-corrected chi connectivity index (χ2v) is 23.2. The van der Waals surface area contributed by atoms with Gasteiger partial charge in [0.15, 0.2) is 29.0 Å². The Bertz CT molecular complexity index is 1160. The first-order chi connectivity index (χ1) is 19.4. The molecule has 0 aromatic heterocycles. The van der Waals surface area contributed by atoms with Crippen molar-refractivity contribution >= 4 is 35.0 Å². The van der Waals surface area contributed by atoms with Crippen LogP contribution in [0.1, 0.15) is 57.5 Å². The van der Waals surface area contributed by atoms with Gasteiger partial charge in [-0.2, -0.15) is 0 Å². The Kier molecular flexibility index (Phi) is 12.3. The van der Waals surface area contributed by atoms with Crippen LogP contribution >= 0.6 is 0 Å². The average molecular weight is 616 g/mol. The number of aldehydes is 1. The first-order valence-corrected chi connectivity index (χ1v) is 20.2. The number of carbonyl (C=O) groups is 3.